The zero-order valence-corrected chi connectivity index (χ0v) is 16.8. The van der Waals surface area contributed by atoms with Crippen molar-refractivity contribution in [3.63, 3.8) is 0 Å². The summed E-state index contributed by atoms with van der Waals surface area (Å²) in [5.41, 5.74) is 7.71. The Balaban J connectivity index is 0.00000261. The van der Waals surface area contributed by atoms with Crippen LogP contribution in [0.5, 0.6) is 5.75 Å². The fourth-order valence-electron chi connectivity index (χ4n) is 3.24. The number of amides is 1. The second-order valence-corrected chi connectivity index (χ2v) is 7.24. The van der Waals surface area contributed by atoms with Crippen LogP contribution in [0, 0.1) is 5.92 Å². The van der Waals surface area contributed by atoms with Crippen molar-refractivity contribution in [3.8, 4) is 5.75 Å². The number of likely N-dealkylation sites (tertiary alicyclic amines) is 1. The number of nitrogens with two attached hydrogens (primary N) is 1. The highest BCUT2D eigenvalue weighted by Crippen LogP contribution is 2.20. The standard InChI is InChI=1S/C21H25ClN2O2.ClH/c22-19-5-1-4-18(11-19)15-26-20-6-2-3-17(12-20)13-21(25)24-9-7-16(14-23)8-10-24;/h1-6,11-12,16H,7-10,13-15,23H2;1H. The third-order valence-corrected chi connectivity index (χ3v) is 5.08. The van der Waals surface area contributed by atoms with Gasteiger partial charge in [-0.2, -0.15) is 0 Å². The van der Waals surface area contributed by atoms with E-state index in [2.05, 4.69) is 0 Å². The first-order chi connectivity index (χ1) is 12.6. The molecule has 2 aromatic rings. The maximum atomic E-state index is 12.5. The Hall–Kier alpha value is -1.75. The number of hydrogen-bond acceptors (Lipinski definition) is 3. The molecule has 27 heavy (non-hydrogen) atoms. The van der Waals surface area contributed by atoms with Gasteiger partial charge in [-0.15, -0.1) is 12.4 Å². The van der Waals surface area contributed by atoms with Gasteiger partial charge in [-0.05, 0) is 60.7 Å². The van der Waals surface area contributed by atoms with Gasteiger partial charge in [0.1, 0.15) is 12.4 Å². The Morgan fingerprint density at radius 3 is 2.52 bits per heavy atom. The minimum absolute atomic E-state index is 0. The number of piperidine rings is 1. The first kappa shape index (κ1) is 21.5. The average molecular weight is 409 g/mol. The molecule has 0 saturated carbocycles. The summed E-state index contributed by atoms with van der Waals surface area (Å²) in [5.74, 6) is 1.49. The van der Waals surface area contributed by atoms with Crippen molar-refractivity contribution in [2.75, 3.05) is 19.6 Å². The van der Waals surface area contributed by atoms with Gasteiger partial charge in [-0.25, -0.2) is 0 Å². The Morgan fingerprint density at radius 1 is 1.11 bits per heavy atom. The average Bonchev–Trinajstić information content (AvgIpc) is 2.67. The van der Waals surface area contributed by atoms with Crippen molar-refractivity contribution in [2.45, 2.75) is 25.9 Å². The molecule has 4 nitrogen and oxygen atoms in total. The largest absolute Gasteiger partial charge is 0.489 e. The molecule has 0 radical (unpaired) electrons. The van der Waals surface area contributed by atoms with Gasteiger partial charge >= 0.3 is 0 Å². The minimum atomic E-state index is 0. The Bertz CT molecular complexity index is 746. The van der Waals surface area contributed by atoms with Crippen LogP contribution in [0.1, 0.15) is 24.0 Å². The van der Waals surface area contributed by atoms with Crippen molar-refractivity contribution < 1.29 is 9.53 Å². The molecule has 0 spiro atoms. The van der Waals surface area contributed by atoms with Crippen LogP contribution in [0.4, 0.5) is 0 Å². The van der Waals surface area contributed by atoms with E-state index in [0.29, 0.717) is 30.5 Å². The minimum Gasteiger partial charge on any atom is -0.489 e. The Labute approximate surface area is 172 Å². The third-order valence-electron chi connectivity index (χ3n) is 4.85. The van der Waals surface area contributed by atoms with Crippen molar-refractivity contribution in [1.82, 2.24) is 4.90 Å². The monoisotopic (exact) mass is 408 g/mol. The molecule has 1 fully saturated rings. The van der Waals surface area contributed by atoms with Crippen LogP contribution in [-0.2, 0) is 17.8 Å². The van der Waals surface area contributed by atoms with Crippen molar-refractivity contribution >= 4 is 29.9 Å². The third kappa shape index (κ3) is 6.42. The summed E-state index contributed by atoms with van der Waals surface area (Å²) in [6, 6.07) is 15.4. The highest BCUT2D eigenvalue weighted by Gasteiger charge is 2.21. The van der Waals surface area contributed by atoms with Crippen LogP contribution in [0.25, 0.3) is 0 Å². The summed E-state index contributed by atoms with van der Waals surface area (Å²) in [7, 11) is 0. The van der Waals surface area contributed by atoms with Crippen LogP contribution in [0.2, 0.25) is 5.02 Å². The van der Waals surface area contributed by atoms with Gasteiger partial charge in [-0.3, -0.25) is 4.79 Å². The zero-order chi connectivity index (χ0) is 18.4. The normalized spacial score (nSPS) is 14.5. The van der Waals surface area contributed by atoms with E-state index in [9.17, 15) is 4.79 Å². The summed E-state index contributed by atoms with van der Waals surface area (Å²) in [6.45, 7) is 2.79. The van der Waals surface area contributed by atoms with Crippen LogP contribution in [0.3, 0.4) is 0 Å². The zero-order valence-electron chi connectivity index (χ0n) is 15.3. The number of nitrogens with zero attached hydrogens (tertiary/aromatic N) is 1. The number of rotatable bonds is 6. The van der Waals surface area contributed by atoms with E-state index in [1.54, 1.807) is 0 Å². The van der Waals surface area contributed by atoms with Crippen molar-refractivity contribution in [1.29, 1.82) is 0 Å². The summed E-state index contributed by atoms with van der Waals surface area (Å²) >= 11 is 6.00. The number of benzene rings is 2. The Kier molecular flexibility index (Phi) is 8.42. The van der Waals surface area contributed by atoms with Gasteiger partial charge in [0.2, 0.25) is 5.91 Å². The van der Waals surface area contributed by atoms with Crippen LogP contribution < -0.4 is 10.5 Å². The van der Waals surface area contributed by atoms with Gasteiger partial charge in [0.15, 0.2) is 0 Å². The number of halogens is 2. The van der Waals surface area contributed by atoms with Crippen LogP contribution in [0.15, 0.2) is 48.5 Å². The van der Waals surface area contributed by atoms with Crippen LogP contribution >= 0.6 is 24.0 Å². The maximum absolute atomic E-state index is 12.5. The predicted molar refractivity (Wildman–Crippen MR) is 112 cm³/mol. The van der Waals surface area contributed by atoms with Crippen molar-refractivity contribution in [3.05, 3.63) is 64.7 Å². The molecule has 0 aromatic heterocycles. The number of hydrogen-bond donors (Lipinski definition) is 1. The first-order valence-electron chi connectivity index (χ1n) is 9.08. The number of carbonyl (C=O) groups excluding carboxylic acids is 1. The summed E-state index contributed by atoms with van der Waals surface area (Å²) < 4.78 is 5.85. The molecule has 2 N–H and O–H groups in total. The first-order valence-corrected chi connectivity index (χ1v) is 9.46. The smallest absolute Gasteiger partial charge is 0.226 e. The van der Waals surface area contributed by atoms with Gasteiger partial charge in [0, 0.05) is 18.1 Å². The maximum Gasteiger partial charge on any atom is 0.226 e. The molecule has 2 aromatic carbocycles. The van der Waals surface area contributed by atoms with Crippen molar-refractivity contribution in [2.24, 2.45) is 11.7 Å². The molecule has 6 heteroatoms. The Morgan fingerprint density at radius 2 is 1.81 bits per heavy atom. The highest BCUT2D eigenvalue weighted by atomic mass is 35.5. The van der Waals surface area contributed by atoms with Gasteiger partial charge in [0.05, 0.1) is 6.42 Å². The fraction of sp³-hybridized carbons (Fsp3) is 0.381. The molecule has 0 bridgehead atoms. The molecule has 0 aliphatic carbocycles. The lowest BCUT2D eigenvalue weighted by Crippen LogP contribution is -2.40. The molecular formula is C21H26Cl2N2O2. The second-order valence-electron chi connectivity index (χ2n) is 6.80. The quantitative estimate of drug-likeness (QED) is 0.782. The summed E-state index contributed by atoms with van der Waals surface area (Å²) in [5, 5.41) is 0.698. The molecule has 0 unspecified atom stereocenters. The molecule has 146 valence electrons. The number of ether oxygens (including phenoxy) is 1. The van der Waals surface area contributed by atoms with E-state index in [0.717, 1.165) is 42.8 Å². The topological polar surface area (TPSA) is 55.6 Å². The highest BCUT2D eigenvalue weighted by molar-refractivity contribution is 6.30. The molecule has 0 atom stereocenters. The predicted octanol–water partition coefficient (Wildman–Crippen LogP) is 4.08. The fourth-order valence-corrected chi connectivity index (χ4v) is 3.46. The van der Waals surface area contributed by atoms with Crippen LogP contribution in [-0.4, -0.2) is 30.4 Å². The summed E-state index contributed by atoms with van der Waals surface area (Å²) in [6.07, 6.45) is 2.41. The molecule has 1 heterocycles. The van der Waals surface area contributed by atoms with E-state index in [1.807, 2.05) is 53.4 Å². The van der Waals surface area contributed by atoms with E-state index < -0.39 is 0 Å². The number of carbonyl (C=O) groups is 1. The molecule has 3 rings (SSSR count). The molecule has 1 aliphatic rings. The van der Waals surface area contributed by atoms with Gasteiger partial charge < -0.3 is 15.4 Å². The lowest BCUT2D eigenvalue weighted by Gasteiger charge is -2.31. The summed E-state index contributed by atoms with van der Waals surface area (Å²) in [4.78, 5) is 14.5. The molecule has 1 saturated heterocycles. The molecule has 1 aliphatic heterocycles. The molecule has 1 amide bonds. The van der Waals surface area contributed by atoms with E-state index in [-0.39, 0.29) is 18.3 Å². The van der Waals surface area contributed by atoms with E-state index >= 15 is 0 Å². The molecular weight excluding hydrogens is 383 g/mol. The lowest BCUT2D eigenvalue weighted by molar-refractivity contribution is -0.131. The SMILES string of the molecule is Cl.NCC1CCN(C(=O)Cc2cccc(OCc3cccc(Cl)c3)c2)CC1. The second kappa shape index (κ2) is 10.5. The van der Waals surface area contributed by atoms with Gasteiger partial charge in [0.25, 0.3) is 0 Å². The van der Waals surface area contributed by atoms with Gasteiger partial charge in [-0.1, -0.05) is 35.9 Å². The van der Waals surface area contributed by atoms with E-state index in [1.165, 1.54) is 0 Å². The lowest BCUT2D eigenvalue weighted by atomic mass is 9.96. The van der Waals surface area contributed by atoms with E-state index in [4.69, 9.17) is 22.1 Å².